The first-order chi connectivity index (χ1) is 8.34. The van der Waals surface area contributed by atoms with E-state index in [1.165, 1.54) is 22.2 Å². The number of hydrogen-bond donors (Lipinski definition) is 0. The Bertz CT molecular complexity index is 579. The molecule has 0 spiro atoms. The summed E-state index contributed by atoms with van der Waals surface area (Å²) in [6, 6.07) is 9.03. The van der Waals surface area contributed by atoms with Gasteiger partial charge in [-0.1, -0.05) is 53.3 Å². The van der Waals surface area contributed by atoms with Gasteiger partial charge in [0.15, 0.2) is 0 Å². The molecule has 2 rings (SSSR count). The van der Waals surface area contributed by atoms with E-state index in [4.69, 9.17) is 0 Å². The Kier molecular flexibility index (Phi) is 3.10. The fourth-order valence-electron chi connectivity index (χ4n) is 2.36. The van der Waals surface area contributed by atoms with Crippen LogP contribution in [0.25, 0.3) is 17.1 Å². The van der Waals surface area contributed by atoms with E-state index >= 15 is 0 Å². The highest BCUT2D eigenvalue weighted by atomic mass is 15.0. The van der Waals surface area contributed by atoms with Gasteiger partial charge in [0.25, 0.3) is 0 Å². The molecular weight excluding hydrogens is 218 g/mol. The highest BCUT2D eigenvalue weighted by Crippen LogP contribution is 2.30. The van der Waals surface area contributed by atoms with Gasteiger partial charge in [-0.3, -0.25) is 0 Å². The van der Waals surface area contributed by atoms with Crippen LogP contribution >= 0.6 is 0 Å². The predicted molar refractivity (Wildman–Crippen MR) is 81.1 cm³/mol. The molecule has 0 atom stereocenters. The third kappa shape index (κ3) is 2.10. The number of rotatable bonds is 2. The molecule has 1 nitrogen and oxygen atoms in total. The molecule has 1 aromatic carbocycles. The number of aromatic nitrogens is 1. The summed E-state index contributed by atoms with van der Waals surface area (Å²) in [6.45, 7) is 15.1. The Balaban J connectivity index is 2.72. The SMILES string of the molecule is C=Cn1c(C(C)C)cc2ccc(C(C)(C)C)cc21. The zero-order chi connectivity index (χ0) is 13.5. The van der Waals surface area contributed by atoms with Gasteiger partial charge < -0.3 is 4.57 Å². The monoisotopic (exact) mass is 241 g/mol. The van der Waals surface area contributed by atoms with Gasteiger partial charge in [-0.25, -0.2) is 0 Å². The van der Waals surface area contributed by atoms with Crippen molar-refractivity contribution in [1.82, 2.24) is 4.57 Å². The molecule has 0 unspecified atom stereocenters. The van der Waals surface area contributed by atoms with Crippen molar-refractivity contribution in [2.75, 3.05) is 0 Å². The first kappa shape index (κ1) is 12.9. The van der Waals surface area contributed by atoms with Crippen molar-refractivity contribution < 1.29 is 0 Å². The van der Waals surface area contributed by atoms with Gasteiger partial charge in [0.2, 0.25) is 0 Å². The maximum atomic E-state index is 3.95. The van der Waals surface area contributed by atoms with Gasteiger partial charge in [-0.2, -0.15) is 0 Å². The van der Waals surface area contributed by atoms with Crippen molar-refractivity contribution in [3.8, 4) is 0 Å². The molecule has 0 N–H and O–H groups in total. The number of benzene rings is 1. The molecule has 18 heavy (non-hydrogen) atoms. The van der Waals surface area contributed by atoms with E-state index in [2.05, 4.69) is 70.0 Å². The highest BCUT2D eigenvalue weighted by molar-refractivity contribution is 5.84. The van der Waals surface area contributed by atoms with Crippen molar-refractivity contribution in [3.05, 3.63) is 42.1 Å². The molecule has 96 valence electrons. The molecule has 1 aromatic heterocycles. The van der Waals surface area contributed by atoms with Gasteiger partial charge in [0.05, 0.1) is 5.52 Å². The summed E-state index contributed by atoms with van der Waals surface area (Å²) >= 11 is 0. The van der Waals surface area contributed by atoms with Crippen LogP contribution in [0.5, 0.6) is 0 Å². The lowest BCUT2D eigenvalue weighted by Gasteiger charge is -2.19. The molecule has 0 aliphatic rings. The van der Waals surface area contributed by atoms with E-state index in [1.54, 1.807) is 0 Å². The Morgan fingerprint density at radius 3 is 2.33 bits per heavy atom. The van der Waals surface area contributed by atoms with Gasteiger partial charge in [-0.05, 0) is 29.0 Å². The molecule has 0 bridgehead atoms. The average Bonchev–Trinajstić information content (AvgIpc) is 2.65. The van der Waals surface area contributed by atoms with Crippen LogP contribution in [0, 0.1) is 0 Å². The van der Waals surface area contributed by atoms with Crippen LogP contribution in [0.1, 0.15) is 51.8 Å². The molecule has 0 saturated heterocycles. The fraction of sp³-hybridized carbons (Fsp3) is 0.412. The third-order valence-electron chi connectivity index (χ3n) is 3.51. The summed E-state index contributed by atoms with van der Waals surface area (Å²) < 4.78 is 2.22. The molecule has 0 fully saturated rings. The Morgan fingerprint density at radius 1 is 1.17 bits per heavy atom. The van der Waals surface area contributed by atoms with E-state index in [-0.39, 0.29) is 5.41 Å². The Hall–Kier alpha value is -1.50. The number of fused-ring (bicyclic) bond motifs is 1. The molecule has 1 heterocycles. The summed E-state index contributed by atoms with van der Waals surface area (Å²) in [7, 11) is 0. The lowest BCUT2D eigenvalue weighted by Crippen LogP contribution is -2.10. The molecular formula is C17H23N. The van der Waals surface area contributed by atoms with Crippen molar-refractivity contribution in [1.29, 1.82) is 0 Å². The molecule has 0 radical (unpaired) electrons. The number of nitrogens with zero attached hydrogens (tertiary/aromatic N) is 1. The quantitative estimate of drug-likeness (QED) is 0.684. The van der Waals surface area contributed by atoms with Crippen molar-refractivity contribution in [3.63, 3.8) is 0 Å². The predicted octanol–water partition coefficient (Wildman–Crippen LogP) is 5.16. The number of hydrogen-bond acceptors (Lipinski definition) is 0. The van der Waals surface area contributed by atoms with Crippen LogP contribution in [0.2, 0.25) is 0 Å². The van der Waals surface area contributed by atoms with Gasteiger partial charge >= 0.3 is 0 Å². The first-order valence-corrected chi connectivity index (χ1v) is 6.62. The summed E-state index contributed by atoms with van der Waals surface area (Å²) in [6.07, 6.45) is 1.92. The zero-order valence-corrected chi connectivity index (χ0v) is 12.1. The molecule has 0 amide bonds. The van der Waals surface area contributed by atoms with Crippen LogP contribution in [0.15, 0.2) is 30.8 Å². The normalized spacial score (nSPS) is 12.3. The third-order valence-corrected chi connectivity index (χ3v) is 3.51. The molecule has 1 heteroatoms. The van der Waals surface area contributed by atoms with Crippen molar-refractivity contribution >= 4 is 17.1 Å². The highest BCUT2D eigenvalue weighted by Gasteiger charge is 2.16. The minimum absolute atomic E-state index is 0.183. The standard InChI is InChI=1S/C17H23N/c1-7-18-15(12(2)3)10-13-8-9-14(11-16(13)18)17(4,5)6/h7-12H,1H2,2-6H3. The maximum absolute atomic E-state index is 3.95. The zero-order valence-electron chi connectivity index (χ0n) is 12.1. The van der Waals surface area contributed by atoms with Crippen LogP contribution in [-0.4, -0.2) is 4.57 Å². The second-order valence-electron chi connectivity index (χ2n) is 6.30. The van der Waals surface area contributed by atoms with Gasteiger partial charge in [0, 0.05) is 17.3 Å². The average molecular weight is 241 g/mol. The summed E-state index contributed by atoms with van der Waals surface area (Å²) in [5.74, 6) is 0.508. The van der Waals surface area contributed by atoms with Crippen LogP contribution < -0.4 is 0 Å². The second kappa shape index (κ2) is 4.31. The summed E-state index contributed by atoms with van der Waals surface area (Å²) in [4.78, 5) is 0. The first-order valence-electron chi connectivity index (χ1n) is 6.62. The largest absolute Gasteiger partial charge is 0.321 e. The van der Waals surface area contributed by atoms with E-state index in [1.807, 2.05) is 6.20 Å². The smallest absolute Gasteiger partial charge is 0.0528 e. The minimum Gasteiger partial charge on any atom is -0.321 e. The topological polar surface area (TPSA) is 4.93 Å². The molecule has 0 saturated carbocycles. The van der Waals surface area contributed by atoms with Crippen LogP contribution in [0.3, 0.4) is 0 Å². The van der Waals surface area contributed by atoms with Gasteiger partial charge in [-0.15, -0.1) is 0 Å². The second-order valence-corrected chi connectivity index (χ2v) is 6.30. The van der Waals surface area contributed by atoms with Crippen molar-refractivity contribution in [2.45, 2.75) is 46.0 Å². The summed E-state index contributed by atoms with van der Waals surface area (Å²) in [5, 5.41) is 1.30. The minimum atomic E-state index is 0.183. The van der Waals surface area contributed by atoms with Crippen LogP contribution in [0.4, 0.5) is 0 Å². The Morgan fingerprint density at radius 2 is 1.83 bits per heavy atom. The lowest BCUT2D eigenvalue weighted by atomic mass is 9.87. The molecule has 0 aliphatic carbocycles. The van der Waals surface area contributed by atoms with Crippen LogP contribution in [-0.2, 0) is 5.41 Å². The van der Waals surface area contributed by atoms with E-state index in [9.17, 15) is 0 Å². The van der Waals surface area contributed by atoms with E-state index < -0.39 is 0 Å². The van der Waals surface area contributed by atoms with Gasteiger partial charge in [0.1, 0.15) is 0 Å². The fourth-order valence-corrected chi connectivity index (χ4v) is 2.36. The van der Waals surface area contributed by atoms with E-state index in [0.29, 0.717) is 5.92 Å². The molecule has 2 aromatic rings. The Labute approximate surface area is 110 Å². The maximum Gasteiger partial charge on any atom is 0.0528 e. The van der Waals surface area contributed by atoms with Crippen molar-refractivity contribution in [2.24, 2.45) is 0 Å². The van der Waals surface area contributed by atoms with E-state index in [0.717, 1.165) is 0 Å². The molecule has 0 aliphatic heterocycles. The lowest BCUT2D eigenvalue weighted by molar-refractivity contribution is 0.591. The summed E-state index contributed by atoms with van der Waals surface area (Å²) in [5.41, 5.74) is 4.14.